The van der Waals surface area contributed by atoms with Gasteiger partial charge in [0, 0.05) is 37.0 Å². The van der Waals surface area contributed by atoms with E-state index in [0.717, 1.165) is 36.9 Å². The van der Waals surface area contributed by atoms with Crippen molar-refractivity contribution >= 4 is 5.69 Å². The van der Waals surface area contributed by atoms with E-state index in [1.54, 1.807) is 0 Å². The number of aromatic nitrogens is 2. The molecule has 1 aliphatic rings. The number of nitrogens with zero attached hydrogens (tertiary/aromatic N) is 2. The predicted octanol–water partition coefficient (Wildman–Crippen LogP) is 5.05. The van der Waals surface area contributed by atoms with Crippen molar-refractivity contribution in [2.75, 3.05) is 18.0 Å². The number of H-pyrrole nitrogens is 1. The van der Waals surface area contributed by atoms with Gasteiger partial charge in [-0.15, -0.1) is 0 Å². The number of aromatic amines is 1. The fourth-order valence-electron chi connectivity index (χ4n) is 3.73. The van der Waals surface area contributed by atoms with Crippen LogP contribution < -0.4 is 4.90 Å². The zero-order valence-electron chi connectivity index (χ0n) is 14.5. The van der Waals surface area contributed by atoms with Gasteiger partial charge in [-0.3, -0.25) is 0 Å². The Balaban J connectivity index is 1.73. The smallest absolute Gasteiger partial charge is 0.107 e. The van der Waals surface area contributed by atoms with Crippen LogP contribution >= 0.6 is 0 Å². The molecular formula is C20H29N3. The third-order valence-corrected chi connectivity index (χ3v) is 5.11. The molecule has 0 spiro atoms. The Labute approximate surface area is 140 Å². The fraction of sp³-hybridized carbons (Fsp3) is 0.550. The molecule has 1 N–H and O–H groups in total. The Morgan fingerprint density at radius 2 is 1.91 bits per heavy atom. The van der Waals surface area contributed by atoms with Gasteiger partial charge in [0.05, 0.1) is 5.69 Å². The minimum absolute atomic E-state index is 0.824. The summed E-state index contributed by atoms with van der Waals surface area (Å²) in [6.45, 7) is 6.47. The van der Waals surface area contributed by atoms with Gasteiger partial charge in [0.15, 0.2) is 0 Å². The first kappa shape index (κ1) is 16.1. The molecule has 0 saturated heterocycles. The van der Waals surface area contributed by atoms with Crippen LogP contribution in [0.5, 0.6) is 0 Å². The van der Waals surface area contributed by atoms with E-state index in [4.69, 9.17) is 4.98 Å². The van der Waals surface area contributed by atoms with Gasteiger partial charge in [0.25, 0.3) is 0 Å². The summed E-state index contributed by atoms with van der Waals surface area (Å²) >= 11 is 0. The lowest BCUT2D eigenvalue weighted by Gasteiger charge is -2.21. The molecule has 23 heavy (non-hydrogen) atoms. The summed E-state index contributed by atoms with van der Waals surface area (Å²) in [7, 11) is 0. The molecule has 1 aliphatic carbocycles. The van der Waals surface area contributed by atoms with Gasteiger partial charge in [-0.2, -0.15) is 0 Å². The lowest BCUT2D eigenvalue weighted by atomic mass is 9.87. The van der Waals surface area contributed by atoms with Crippen LogP contribution in [-0.2, 0) is 6.42 Å². The summed E-state index contributed by atoms with van der Waals surface area (Å²) in [6, 6.07) is 8.74. The van der Waals surface area contributed by atoms with Crippen LogP contribution in [0.1, 0.15) is 51.8 Å². The normalized spacial score (nSPS) is 15.7. The monoisotopic (exact) mass is 311 g/mol. The predicted molar refractivity (Wildman–Crippen MR) is 97.9 cm³/mol. The summed E-state index contributed by atoms with van der Waals surface area (Å²) in [5, 5.41) is 0. The zero-order valence-corrected chi connectivity index (χ0v) is 14.5. The molecule has 1 saturated carbocycles. The van der Waals surface area contributed by atoms with Crippen LogP contribution in [0.4, 0.5) is 5.69 Å². The van der Waals surface area contributed by atoms with Gasteiger partial charge in [-0.05, 0) is 31.9 Å². The van der Waals surface area contributed by atoms with Crippen molar-refractivity contribution in [1.82, 2.24) is 9.97 Å². The van der Waals surface area contributed by atoms with Crippen molar-refractivity contribution < 1.29 is 0 Å². The maximum absolute atomic E-state index is 4.85. The fourth-order valence-corrected chi connectivity index (χ4v) is 3.73. The van der Waals surface area contributed by atoms with Crippen LogP contribution in [0.15, 0.2) is 30.5 Å². The quantitative estimate of drug-likeness (QED) is 0.810. The highest BCUT2D eigenvalue weighted by Gasteiger charge is 2.16. The highest BCUT2D eigenvalue weighted by atomic mass is 15.1. The Morgan fingerprint density at radius 3 is 2.65 bits per heavy atom. The molecule has 2 aromatic rings. The van der Waals surface area contributed by atoms with Crippen LogP contribution in [0.3, 0.4) is 0 Å². The molecule has 3 nitrogen and oxygen atoms in total. The topological polar surface area (TPSA) is 31.9 Å². The van der Waals surface area contributed by atoms with Gasteiger partial charge in [0.2, 0.25) is 0 Å². The molecule has 1 aromatic carbocycles. The number of rotatable bonds is 6. The Bertz CT molecular complexity index is 607. The van der Waals surface area contributed by atoms with Gasteiger partial charge in [-0.25, -0.2) is 4.98 Å². The SMILES string of the molecule is CCN(CC)c1cccc(-c2c[nH]c(CC3CCCCC3)n2)c1. The molecule has 1 fully saturated rings. The van der Waals surface area contributed by atoms with Crippen molar-refractivity contribution in [3.63, 3.8) is 0 Å². The third-order valence-electron chi connectivity index (χ3n) is 5.11. The number of imidazole rings is 1. The molecule has 1 heterocycles. The number of anilines is 1. The largest absolute Gasteiger partial charge is 0.372 e. The van der Waals surface area contributed by atoms with Crippen molar-refractivity contribution in [3.8, 4) is 11.3 Å². The minimum Gasteiger partial charge on any atom is -0.372 e. The highest BCUT2D eigenvalue weighted by Crippen LogP contribution is 2.28. The Kier molecular flexibility index (Phi) is 5.37. The summed E-state index contributed by atoms with van der Waals surface area (Å²) < 4.78 is 0. The van der Waals surface area contributed by atoms with Gasteiger partial charge in [-0.1, -0.05) is 44.2 Å². The van der Waals surface area contributed by atoms with Crippen molar-refractivity contribution in [2.24, 2.45) is 5.92 Å². The molecular weight excluding hydrogens is 282 g/mol. The molecule has 0 aliphatic heterocycles. The first-order valence-corrected chi connectivity index (χ1v) is 9.19. The molecule has 0 radical (unpaired) electrons. The lowest BCUT2D eigenvalue weighted by molar-refractivity contribution is 0.352. The molecule has 0 unspecified atom stereocenters. The van der Waals surface area contributed by atoms with E-state index in [-0.39, 0.29) is 0 Å². The van der Waals surface area contributed by atoms with Crippen molar-refractivity contribution in [3.05, 3.63) is 36.3 Å². The van der Waals surface area contributed by atoms with Crippen LogP contribution in [0.2, 0.25) is 0 Å². The summed E-state index contributed by atoms with van der Waals surface area (Å²) in [4.78, 5) is 10.6. The number of hydrogen-bond acceptors (Lipinski definition) is 2. The average molecular weight is 311 g/mol. The Morgan fingerprint density at radius 1 is 1.13 bits per heavy atom. The third kappa shape index (κ3) is 3.95. The first-order valence-electron chi connectivity index (χ1n) is 9.19. The summed E-state index contributed by atoms with van der Waals surface area (Å²) in [5.74, 6) is 1.98. The van der Waals surface area contributed by atoms with E-state index >= 15 is 0 Å². The zero-order chi connectivity index (χ0) is 16.1. The van der Waals surface area contributed by atoms with E-state index in [1.807, 2.05) is 0 Å². The number of hydrogen-bond donors (Lipinski definition) is 1. The van der Waals surface area contributed by atoms with Crippen molar-refractivity contribution in [1.29, 1.82) is 0 Å². The standard InChI is InChI=1S/C20H29N3/c1-3-23(4-2)18-12-8-11-17(14-18)19-15-21-20(22-19)13-16-9-6-5-7-10-16/h8,11-12,14-16H,3-7,9-10,13H2,1-2H3,(H,21,22). The van der Waals surface area contributed by atoms with E-state index in [0.29, 0.717) is 0 Å². The molecule has 3 heteroatoms. The molecule has 124 valence electrons. The molecule has 0 atom stereocenters. The molecule has 3 rings (SSSR count). The van der Waals surface area contributed by atoms with Crippen LogP contribution in [-0.4, -0.2) is 23.1 Å². The van der Waals surface area contributed by atoms with E-state index in [9.17, 15) is 0 Å². The number of benzene rings is 1. The van der Waals surface area contributed by atoms with Gasteiger partial charge < -0.3 is 9.88 Å². The Hall–Kier alpha value is -1.77. The highest BCUT2D eigenvalue weighted by molar-refractivity contribution is 5.65. The first-order chi connectivity index (χ1) is 11.3. The molecule has 1 aromatic heterocycles. The van der Waals surface area contributed by atoms with Gasteiger partial charge >= 0.3 is 0 Å². The van der Waals surface area contributed by atoms with Gasteiger partial charge in [0.1, 0.15) is 5.82 Å². The summed E-state index contributed by atoms with van der Waals surface area (Å²) in [5.41, 5.74) is 3.56. The maximum atomic E-state index is 4.85. The van der Waals surface area contributed by atoms with E-state index in [2.05, 4.69) is 54.2 Å². The van der Waals surface area contributed by atoms with Crippen LogP contribution in [0, 0.1) is 5.92 Å². The minimum atomic E-state index is 0.824. The lowest BCUT2D eigenvalue weighted by Crippen LogP contribution is -2.21. The second kappa shape index (κ2) is 7.67. The average Bonchev–Trinajstić information content (AvgIpc) is 3.06. The summed E-state index contributed by atoms with van der Waals surface area (Å²) in [6.07, 6.45) is 10.1. The number of nitrogens with one attached hydrogen (secondary N) is 1. The second-order valence-corrected chi connectivity index (χ2v) is 6.66. The van der Waals surface area contributed by atoms with E-state index < -0.39 is 0 Å². The van der Waals surface area contributed by atoms with E-state index in [1.165, 1.54) is 43.4 Å². The maximum Gasteiger partial charge on any atom is 0.107 e. The van der Waals surface area contributed by atoms with Crippen molar-refractivity contribution in [2.45, 2.75) is 52.4 Å². The molecule has 0 bridgehead atoms. The van der Waals surface area contributed by atoms with Crippen LogP contribution in [0.25, 0.3) is 11.3 Å². The molecule has 0 amide bonds. The second-order valence-electron chi connectivity index (χ2n) is 6.66.